The lowest BCUT2D eigenvalue weighted by atomic mass is 10.0. The molecule has 2 aromatic rings. The zero-order valence-electron chi connectivity index (χ0n) is 18.9. The maximum Gasteiger partial charge on any atom is 0.220 e. The van der Waals surface area contributed by atoms with E-state index >= 15 is 0 Å². The van der Waals surface area contributed by atoms with E-state index < -0.39 is 18.3 Å². The topological polar surface area (TPSA) is 80.3 Å². The Morgan fingerprint density at radius 2 is 1.94 bits per heavy atom. The monoisotopic (exact) mass is 476 g/mol. The number of alkyl halides is 1. The molecule has 2 N–H and O–H groups in total. The molecule has 2 aromatic carbocycles. The van der Waals surface area contributed by atoms with E-state index in [1.54, 1.807) is 18.2 Å². The highest BCUT2D eigenvalue weighted by Crippen LogP contribution is 2.33. The van der Waals surface area contributed by atoms with Crippen LogP contribution in [0.1, 0.15) is 30.9 Å². The van der Waals surface area contributed by atoms with E-state index in [-0.39, 0.29) is 24.7 Å². The standard InChI is InChI=1S/C25H30F2N2O5/c26-18-4-6-20(7-5-18)32-11-1-2-24(30)28-21(16-29-10-9-19(27)15-29)25(31)17-3-8-22-23(14-17)34-13-12-33-22/h3-8,14,19,21,25,31H,1-2,9-13,15-16H2,(H,28,30)/t19-,21+,25+/m0/s1. The molecule has 2 aliphatic heterocycles. The molecule has 2 heterocycles. The summed E-state index contributed by atoms with van der Waals surface area (Å²) in [6, 6.07) is 10.3. The van der Waals surface area contributed by atoms with Gasteiger partial charge >= 0.3 is 0 Å². The van der Waals surface area contributed by atoms with E-state index in [1.807, 2.05) is 4.90 Å². The third kappa shape index (κ3) is 6.57. The molecule has 0 radical (unpaired) electrons. The number of halogens is 2. The molecule has 7 nitrogen and oxygen atoms in total. The molecular weight excluding hydrogens is 446 g/mol. The van der Waals surface area contributed by atoms with Crippen LogP contribution in [-0.2, 0) is 4.79 Å². The summed E-state index contributed by atoms with van der Waals surface area (Å²) in [4.78, 5) is 14.6. The molecule has 34 heavy (non-hydrogen) atoms. The van der Waals surface area contributed by atoms with E-state index in [2.05, 4.69) is 5.32 Å². The van der Waals surface area contributed by atoms with Gasteiger partial charge in [0.25, 0.3) is 0 Å². The molecular formula is C25H30F2N2O5. The lowest BCUT2D eigenvalue weighted by Crippen LogP contribution is -2.47. The first-order chi connectivity index (χ1) is 16.5. The van der Waals surface area contributed by atoms with Crippen molar-refractivity contribution < 1.29 is 32.9 Å². The van der Waals surface area contributed by atoms with E-state index in [0.29, 0.717) is 68.6 Å². The highest BCUT2D eigenvalue weighted by Gasteiger charge is 2.30. The van der Waals surface area contributed by atoms with Gasteiger partial charge in [-0.15, -0.1) is 0 Å². The second-order valence-electron chi connectivity index (χ2n) is 8.57. The summed E-state index contributed by atoms with van der Waals surface area (Å²) >= 11 is 0. The molecule has 0 spiro atoms. The predicted octanol–water partition coefficient (Wildman–Crippen LogP) is 3.02. The van der Waals surface area contributed by atoms with Crippen molar-refractivity contribution in [2.75, 3.05) is 39.5 Å². The average Bonchev–Trinajstić information content (AvgIpc) is 3.26. The van der Waals surface area contributed by atoms with Crippen molar-refractivity contribution in [1.29, 1.82) is 0 Å². The number of fused-ring (bicyclic) bond motifs is 1. The Bertz CT molecular complexity index is 959. The van der Waals surface area contributed by atoms with Gasteiger partial charge in [-0.25, -0.2) is 8.78 Å². The minimum Gasteiger partial charge on any atom is -0.494 e. The van der Waals surface area contributed by atoms with E-state index in [4.69, 9.17) is 14.2 Å². The zero-order chi connectivity index (χ0) is 23.9. The van der Waals surface area contributed by atoms with Crippen LogP contribution in [0.2, 0.25) is 0 Å². The number of carbonyl (C=O) groups excluding carboxylic acids is 1. The highest BCUT2D eigenvalue weighted by atomic mass is 19.1. The second kappa shape index (κ2) is 11.5. The largest absolute Gasteiger partial charge is 0.494 e. The van der Waals surface area contributed by atoms with Crippen LogP contribution in [0.3, 0.4) is 0 Å². The van der Waals surface area contributed by atoms with Crippen LogP contribution in [0.5, 0.6) is 17.2 Å². The molecule has 0 aromatic heterocycles. The van der Waals surface area contributed by atoms with Gasteiger partial charge in [0.05, 0.1) is 12.6 Å². The Labute approximate surface area is 197 Å². The van der Waals surface area contributed by atoms with Gasteiger partial charge in [-0.2, -0.15) is 0 Å². The quantitative estimate of drug-likeness (QED) is 0.514. The van der Waals surface area contributed by atoms with E-state index in [0.717, 1.165) is 0 Å². The first kappa shape index (κ1) is 24.2. The second-order valence-corrected chi connectivity index (χ2v) is 8.57. The Hall–Kier alpha value is -2.91. The molecule has 0 saturated carbocycles. The number of carbonyl (C=O) groups is 1. The van der Waals surface area contributed by atoms with Gasteiger partial charge in [0, 0.05) is 26.1 Å². The smallest absolute Gasteiger partial charge is 0.220 e. The van der Waals surface area contributed by atoms with Crippen LogP contribution in [-0.4, -0.2) is 67.6 Å². The SMILES string of the molecule is O=C(CCCOc1ccc(F)cc1)N[C@H](CN1CC[C@H](F)C1)[C@H](O)c1ccc2c(c1)OCCO2. The number of nitrogens with one attached hydrogen (secondary N) is 1. The summed E-state index contributed by atoms with van der Waals surface area (Å²) in [5.74, 6) is 1.12. The Kier molecular flexibility index (Phi) is 8.18. The van der Waals surface area contributed by atoms with Gasteiger partial charge in [0.15, 0.2) is 11.5 Å². The summed E-state index contributed by atoms with van der Waals surface area (Å²) < 4.78 is 43.4. The zero-order valence-corrected chi connectivity index (χ0v) is 18.9. The van der Waals surface area contributed by atoms with Gasteiger partial charge in [-0.1, -0.05) is 6.07 Å². The molecule has 3 atom stereocenters. The summed E-state index contributed by atoms with van der Waals surface area (Å²) in [6.07, 6.45) is -0.814. The third-order valence-electron chi connectivity index (χ3n) is 5.94. The van der Waals surface area contributed by atoms with Gasteiger partial charge in [0.2, 0.25) is 5.91 Å². The number of benzene rings is 2. The molecule has 2 aliphatic rings. The number of aliphatic hydroxyl groups excluding tert-OH is 1. The first-order valence-corrected chi connectivity index (χ1v) is 11.6. The van der Waals surface area contributed by atoms with E-state index in [9.17, 15) is 18.7 Å². The minimum absolute atomic E-state index is 0.192. The molecule has 0 aliphatic carbocycles. The number of amides is 1. The fourth-order valence-corrected chi connectivity index (χ4v) is 4.16. The summed E-state index contributed by atoms with van der Waals surface area (Å²) in [5, 5.41) is 14.0. The molecule has 184 valence electrons. The van der Waals surface area contributed by atoms with Crippen LogP contribution in [0, 0.1) is 5.82 Å². The van der Waals surface area contributed by atoms with Gasteiger partial charge in [-0.3, -0.25) is 9.69 Å². The van der Waals surface area contributed by atoms with E-state index in [1.165, 1.54) is 24.3 Å². The number of rotatable bonds is 10. The molecule has 9 heteroatoms. The Balaban J connectivity index is 1.34. The number of likely N-dealkylation sites (tertiary alicyclic amines) is 1. The maximum atomic E-state index is 13.7. The van der Waals surface area contributed by atoms with Gasteiger partial charge < -0.3 is 24.6 Å². The van der Waals surface area contributed by atoms with Crippen LogP contribution in [0.25, 0.3) is 0 Å². The van der Waals surface area contributed by atoms with Crippen molar-refractivity contribution in [2.45, 2.75) is 37.6 Å². The third-order valence-corrected chi connectivity index (χ3v) is 5.94. The van der Waals surface area contributed by atoms with Crippen LogP contribution < -0.4 is 19.5 Å². The fourth-order valence-electron chi connectivity index (χ4n) is 4.16. The molecule has 0 unspecified atom stereocenters. The minimum atomic E-state index is -1.01. The van der Waals surface area contributed by atoms with Crippen LogP contribution >= 0.6 is 0 Å². The average molecular weight is 477 g/mol. The van der Waals surface area contributed by atoms with Crippen molar-refractivity contribution in [2.24, 2.45) is 0 Å². The van der Waals surface area contributed by atoms with Crippen LogP contribution in [0.15, 0.2) is 42.5 Å². The summed E-state index contributed by atoms with van der Waals surface area (Å²) in [6.45, 7) is 2.38. The molecule has 0 bridgehead atoms. The molecule has 1 fully saturated rings. The first-order valence-electron chi connectivity index (χ1n) is 11.6. The molecule has 1 saturated heterocycles. The van der Waals surface area contributed by atoms with Gasteiger partial charge in [-0.05, 0) is 54.8 Å². The summed E-state index contributed by atoms with van der Waals surface area (Å²) in [5.41, 5.74) is 0.588. The lowest BCUT2D eigenvalue weighted by molar-refractivity contribution is -0.123. The van der Waals surface area contributed by atoms with Crippen molar-refractivity contribution in [3.63, 3.8) is 0 Å². The Morgan fingerprint density at radius 3 is 2.68 bits per heavy atom. The fraction of sp³-hybridized carbons (Fsp3) is 0.480. The normalized spacial score (nSPS) is 19.4. The molecule has 4 rings (SSSR count). The van der Waals surface area contributed by atoms with Crippen LogP contribution in [0.4, 0.5) is 8.78 Å². The number of hydrogen-bond acceptors (Lipinski definition) is 6. The number of hydrogen-bond donors (Lipinski definition) is 2. The van der Waals surface area contributed by atoms with Crippen molar-refractivity contribution in [3.8, 4) is 17.2 Å². The Morgan fingerprint density at radius 1 is 1.18 bits per heavy atom. The highest BCUT2D eigenvalue weighted by molar-refractivity contribution is 5.76. The van der Waals surface area contributed by atoms with Crippen molar-refractivity contribution in [1.82, 2.24) is 10.2 Å². The lowest BCUT2D eigenvalue weighted by Gasteiger charge is -2.29. The predicted molar refractivity (Wildman–Crippen MR) is 121 cm³/mol. The summed E-state index contributed by atoms with van der Waals surface area (Å²) in [7, 11) is 0. The number of aliphatic hydroxyl groups is 1. The number of nitrogens with zero attached hydrogens (tertiary/aromatic N) is 1. The maximum absolute atomic E-state index is 13.7. The van der Waals surface area contributed by atoms with Crippen molar-refractivity contribution >= 4 is 5.91 Å². The van der Waals surface area contributed by atoms with Gasteiger partial charge in [0.1, 0.15) is 37.1 Å². The molecule has 1 amide bonds. The number of ether oxygens (including phenoxy) is 3. The van der Waals surface area contributed by atoms with Crippen molar-refractivity contribution in [3.05, 3.63) is 53.8 Å².